The summed E-state index contributed by atoms with van der Waals surface area (Å²) < 4.78 is 23.0. The molecule has 2 aromatic heterocycles. The summed E-state index contributed by atoms with van der Waals surface area (Å²) in [6, 6.07) is 10.2. The summed E-state index contributed by atoms with van der Waals surface area (Å²) in [7, 11) is -3.23. The lowest BCUT2D eigenvalue weighted by Crippen LogP contribution is -2.26. The van der Waals surface area contributed by atoms with Crippen LogP contribution in [0.2, 0.25) is 0 Å². The summed E-state index contributed by atoms with van der Waals surface area (Å²) in [6.07, 6.45) is 1.17. The molecule has 2 heterocycles. The molecule has 0 unspecified atom stereocenters. The van der Waals surface area contributed by atoms with Crippen LogP contribution in [-0.2, 0) is 9.84 Å². The molecule has 1 aromatic carbocycles. The molecule has 0 saturated carbocycles. The van der Waals surface area contributed by atoms with Gasteiger partial charge in [-0.2, -0.15) is 0 Å². The van der Waals surface area contributed by atoms with Gasteiger partial charge in [-0.05, 0) is 36.1 Å². The molecule has 1 amide bonds. The molecule has 3 rings (SSSR count). The number of benzene rings is 1. The molecule has 1 atom stereocenters. The number of hydrogen-bond acceptors (Lipinski definition) is 6. The highest BCUT2D eigenvalue weighted by atomic mass is 32.2. The largest absolute Gasteiger partial charge is 0.344 e. The molecule has 0 spiro atoms. The van der Waals surface area contributed by atoms with Crippen molar-refractivity contribution in [3.05, 3.63) is 58.4 Å². The highest BCUT2D eigenvalue weighted by Gasteiger charge is 2.16. The number of hydrogen-bond donors (Lipinski definition) is 1. The van der Waals surface area contributed by atoms with E-state index < -0.39 is 9.84 Å². The highest BCUT2D eigenvalue weighted by molar-refractivity contribution is 7.90. The van der Waals surface area contributed by atoms with Crippen molar-refractivity contribution in [2.75, 3.05) is 6.26 Å². The van der Waals surface area contributed by atoms with E-state index in [9.17, 15) is 13.2 Å². The van der Waals surface area contributed by atoms with Crippen LogP contribution in [0.1, 0.15) is 29.0 Å². The van der Waals surface area contributed by atoms with Crippen LogP contribution in [0.3, 0.4) is 0 Å². The number of aromatic nitrogens is 1. The molecular formula is C17H16N2O3S3. The third kappa shape index (κ3) is 4.15. The molecule has 3 aromatic rings. The molecule has 1 N–H and O–H groups in total. The van der Waals surface area contributed by atoms with E-state index in [2.05, 4.69) is 10.3 Å². The fourth-order valence-corrected chi connectivity index (χ4v) is 4.49. The predicted octanol–water partition coefficient (Wildman–Crippen LogP) is 3.77. The van der Waals surface area contributed by atoms with E-state index in [4.69, 9.17) is 0 Å². The average molecular weight is 393 g/mol. The Labute approximate surface area is 154 Å². The highest BCUT2D eigenvalue weighted by Crippen LogP contribution is 2.28. The number of rotatable bonds is 5. The Bertz CT molecular complexity index is 975. The van der Waals surface area contributed by atoms with E-state index in [-0.39, 0.29) is 16.8 Å². The summed E-state index contributed by atoms with van der Waals surface area (Å²) in [5, 5.41) is 7.42. The Hall–Kier alpha value is -2.03. The number of carbonyl (C=O) groups excluding carboxylic acids is 1. The zero-order valence-electron chi connectivity index (χ0n) is 13.6. The standard InChI is InChI=1S/C17H16N2O3S3/c1-11(12-5-7-13(8-6-12)25(2,21)22)18-16(20)14-10-24-17(19-14)15-4-3-9-23-15/h3-11H,1-2H3,(H,18,20)/t11-/m0/s1. The molecule has 8 heteroatoms. The third-order valence-electron chi connectivity index (χ3n) is 3.62. The van der Waals surface area contributed by atoms with Crippen molar-refractivity contribution in [3.63, 3.8) is 0 Å². The van der Waals surface area contributed by atoms with Crippen molar-refractivity contribution in [2.24, 2.45) is 0 Å². The Morgan fingerprint density at radius 2 is 1.88 bits per heavy atom. The first kappa shape index (κ1) is 17.8. The van der Waals surface area contributed by atoms with Crippen LogP contribution >= 0.6 is 22.7 Å². The third-order valence-corrected chi connectivity index (χ3v) is 6.63. The molecule has 0 aliphatic heterocycles. The fraction of sp³-hybridized carbons (Fsp3) is 0.176. The zero-order chi connectivity index (χ0) is 18.0. The number of thiazole rings is 1. The van der Waals surface area contributed by atoms with Crippen molar-refractivity contribution in [2.45, 2.75) is 17.9 Å². The fourth-order valence-electron chi connectivity index (χ4n) is 2.25. The number of sulfone groups is 1. The van der Waals surface area contributed by atoms with Crippen molar-refractivity contribution in [1.29, 1.82) is 0 Å². The van der Waals surface area contributed by atoms with Crippen molar-refractivity contribution in [3.8, 4) is 9.88 Å². The monoisotopic (exact) mass is 392 g/mol. The van der Waals surface area contributed by atoms with E-state index in [0.717, 1.165) is 15.4 Å². The molecule has 0 saturated heterocycles. The van der Waals surface area contributed by atoms with E-state index in [0.29, 0.717) is 5.69 Å². The zero-order valence-corrected chi connectivity index (χ0v) is 16.0. The van der Waals surface area contributed by atoms with Crippen molar-refractivity contribution < 1.29 is 13.2 Å². The van der Waals surface area contributed by atoms with E-state index in [1.165, 1.54) is 17.6 Å². The van der Waals surface area contributed by atoms with Gasteiger partial charge in [-0.25, -0.2) is 13.4 Å². The van der Waals surface area contributed by atoms with Crippen LogP contribution in [0.4, 0.5) is 0 Å². The smallest absolute Gasteiger partial charge is 0.271 e. The van der Waals surface area contributed by atoms with Gasteiger partial charge in [0.25, 0.3) is 5.91 Å². The van der Waals surface area contributed by atoms with Crippen molar-refractivity contribution >= 4 is 38.4 Å². The Balaban J connectivity index is 1.70. The van der Waals surface area contributed by atoms with Gasteiger partial charge in [0.2, 0.25) is 0 Å². The van der Waals surface area contributed by atoms with Crippen LogP contribution in [0.15, 0.2) is 52.1 Å². The number of nitrogens with zero attached hydrogens (tertiary/aromatic N) is 1. The van der Waals surface area contributed by atoms with Gasteiger partial charge < -0.3 is 5.32 Å². The van der Waals surface area contributed by atoms with Gasteiger partial charge in [0, 0.05) is 11.6 Å². The minimum absolute atomic E-state index is 0.251. The summed E-state index contributed by atoms with van der Waals surface area (Å²) in [4.78, 5) is 18.1. The van der Waals surface area contributed by atoms with Gasteiger partial charge in [-0.1, -0.05) is 18.2 Å². The molecule has 0 fully saturated rings. The summed E-state index contributed by atoms with van der Waals surface area (Å²) in [6.45, 7) is 1.85. The maximum absolute atomic E-state index is 12.4. The second-order valence-electron chi connectivity index (χ2n) is 5.55. The lowest BCUT2D eigenvalue weighted by molar-refractivity contribution is 0.0935. The van der Waals surface area contributed by atoms with Crippen molar-refractivity contribution in [1.82, 2.24) is 10.3 Å². The SMILES string of the molecule is C[C@H](NC(=O)c1csc(-c2cccs2)n1)c1ccc(S(C)(=O)=O)cc1. The predicted molar refractivity (Wildman–Crippen MR) is 101 cm³/mol. The molecule has 0 bridgehead atoms. The molecular weight excluding hydrogens is 376 g/mol. The number of nitrogens with one attached hydrogen (secondary N) is 1. The van der Waals surface area contributed by atoms with Gasteiger partial charge in [0.05, 0.1) is 15.8 Å². The van der Waals surface area contributed by atoms with Crippen LogP contribution < -0.4 is 5.32 Å². The maximum Gasteiger partial charge on any atom is 0.271 e. The second-order valence-corrected chi connectivity index (χ2v) is 9.37. The first-order valence-corrected chi connectivity index (χ1v) is 11.1. The lowest BCUT2D eigenvalue weighted by atomic mass is 10.1. The maximum atomic E-state index is 12.4. The van der Waals surface area contributed by atoms with Gasteiger partial charge >= 0.3 is 0 Å². The summed E-state index contributed by atoms with van der Waals surface area (Å²) >= 11 is 3.02. The normalized spacial score (nSPS) is 12.7. The summed E-state index contributed by atoms with van der Waals surface area (Å²) in [5.74, 6) is -0.251. The van der Waals surface area contributed by atoms with Crippen LogP contribution in [0.25, 0.3) is 9.88 Å². The minimum atomic E-state index is -3.23. The Morgan fingerprint density at radius 3 is 2.48 bits per heavy atom. The van der Waals surface area contributed by atoms with Gasteiger partial charge in [0.15, 0.2) is 9.84 Å². The molecule has 0 aliphatic carbocycles. The molecule has 25 heavy (non-hydrogen) atoms. The molecule has 0 aliphatic rings. The first-order chi connectivity index (χ1) is 11.8. The first-order valence-electron chi connectivity index (χ1n) is 7.45. The number of thiophene rings is 1. The minimum Gasteiger partial charge on any atom is -0.344 e. The van der Waals surface area contributed by atoms with Gasteiger partial charge in [0.1, 0.15) is 10.7 Å². The average Bonchev–Trinajstić information content (AvgIpc) is 3.25. The van der Waals surface area contributed by atoms with E-state index in [1.54, 1.807) is 41.0 Å². The van der Waals surface area contributed by atoms with E-state index in [1.807, 2.05) is 24.4 Å². The number of carbonyl (C=O) groups is 1. The molecule has 130 valence electrons. The number of amides is 1. The van der Waals surface area contributed by atoms with Gasteiger partial charge in [-0.15, -0.1) is 22.7 Å². The molecule has 0 radical (unpaired) electrons. The molecule has 5 nitrogen and oxygen atoms in total. The van der Waals surface area contributed by atoms with Crippen LogP contribution in [-0.4, -0.2) is 25.6 Å². The van der Waals surface area contributed by atoms with Gasteiger partial charge in [-0.3, -0.25) is 4.79 Å². The van der Waals surface area contributed by atoms with Crippen LogP contribution in [0, 0.1) is 0 Å². The quantitative estimate of drug-likeness (QED) is 0.717. The summed E-state index contributed by atoms with van der Waals surface area (Å²) in [5.41, 5.74) is 1.21. The van der Waals surface area contributed by atoms with Crippen LogP contribution in [0.5, 0.6) is 0 Å². The second kappa shape index (κ2) is 7.07. The topological polar surface area (TPSA) is 76.1 Å². The Kier molecular flexibility index (Phi) is 5.03. The lowest BCUT2D eigenvalue weighted by Gasteiger charge is -2.13. The van der Waals surface area contributed by atoms with E-state index >= 15 is 0 Å². The Morgan fingerprint density at radius 1 is 1.16 bits per heavy atom.